The Hall–Kier alpha value is -1.75. The first-order chi connectivity index (χ1) is 13.2. The second kappa shape index (κ2) is 9.45. The van der Waals surface area contributed by atoms with E-state index in [4.69, 9.17) is 9.73 Å². The molecule has 1 aromatic carbocycles. The molecule has 150 valence electrons. The van der Waals surface area contributed by atoms with Crippen LogP contribution in [0.25, 0.3) is 0 Å². The third kappa shape index (κ3) is 5.16. The molecule has 27 heavy (non-hydrogen) atoms. The first-order valence-corrected chi connectivity index (χ1v) is 10.5. The zero-order valence-corrected chi connectivity index (χ0v) is 17.3. The Balaban J connectivity index is 1.60. The molecule has 1 fully saturated rings. The minimum absolute atomic E-state index is 0.391. The maximum Gasteiger partial charge on any atom is 0.191 e. The van der Waals surface area contributed by atoms with Crippen LogP contribution in [0.2, 0.25) is 0 Å². The zero-order valence-electron chi connectivity index (χ0n) is 17.3. The van der Waals surface area contributed by atoms with Gasteiger partial charge < -0.3 is 20.3 Å². The van der Waals surface area contributed by atoms with E-state index in [2.05, 4.69) is 47.7 Å². The lowest BCUT2D eigenvalue weighted by Gasteiger charge is -2.42. The minimum atomic E-state index is 0.391. The summed E-state index contributed by atoms with van der Waals surface area (Å²) in [4.78, 5) is 7.20. The first-order valence-electron chi connectivity index (χ1n) is 10.5. The standard InChI is InChI=1S/C22H36N4O/c1-4-23-21(25-17-22(10-6-11-22)12-14-27-3)24-16-18-8-9-20-19(15-18)7-5-13-26(20)2/h8-9,15H,4-7,10-14,16-17H2,1-3H3,(H2,23,24,25). The van der Waals surface area contributed by atoms with Gasteiger partial charge in [0.1, 0.15) is 0 Å². The van der Waals surface area contributed by atoms with Gasteiger partial charge in [-0.15, -0.1) is 0 Å². The number of fused-ring (bicyclic) bond motifs is 1. The molecule has 0 unspecified atom stereocenters. The summed E-state index contributed by atoms with van der Waals surface area (Å²) < 4.78 is 5.31. The number of nitrogens with zero attached hydrogens (tertiary/aromatic N) is 2. The van der Waals surface area contributed by atoms with Crippen LogP contribution in [0, 0.1) is 5.41 Å². The monoisotopic (exact) mass is 372 g/mol. The van der Waals surface area contributed by atoms with Crippen LogP contribution in [0.1, 0.15) is 50.2 Å². The number of rotatable bonds is 8. The van der Waals surface area contributed by atoms with Gasteiger partial charge in [0.2, 0.25) is 0 Å². The molecule has 5 nitrogen and oxygen atoms in total. The molecule has 0 aromatic heterocycles. The smallest absolute Gasteiger partial charge is 0.191 e. The maximum absolute atomic E-state index is 5.31. The van der Waals surface area contributed by atoms with Crippen molar-refractivity contribution >= 4 is 11.6 Å². The summed E-state index contributed by atoms with van der Waals surface area (Å²) in [7, 11) is 3.98. The summed E-state index contributed by atoms with van der Waals surface area (Å²) in [5, 5.41) is 6.99. The Bertz CT molecular complexity index is 639. The van der Waals surface area contributed by atoms with Gasteiger partial charge >= 0.3 is 0 Å². The van der Waals surface area contributed by atoms with Crippen molar-refractivity contribution in [2.24, 2.45) is 10.4 Å². The van der Waals surface area contributed by atoms with Crippen LogP contribution in [0.5, 0.6) is 0 Å². The lowest BCUT2D eigenvalue weighted by atomic mass is 9.67. The molecule has 2 aliphatic rings. The molecule has 1 aliphatic heterocycles. The topological polar surface area (TPSA) is 48.9 Å². The normalized spacial score (nSPS) is 18.6. The van der Waals surface area contributed by atoms with Gasteiger partial charge in [0.05, 0.1) is 6.54 Å². The Morgan fingerprint density at radius 2 is 2.11 bits per heavy atom. The second-order valence-electron chi connectivity index (χ2n) is 8.13. The molecule has 0 bridgehead atoms. The second-order valence-corrected chi connectivity index (χ2v) is 8.13. The zero-order chi connectivity index (χ0) is 19.1. The molecule has 2 N–H and O–H groups in total. The first kappa shape index (κ1) is 20.0. The van der Waals surface area contributed by atoms with Gasteiger partial charge in [-0.3, -0.25) is 0 Å². The predicted molar refractivity (Wildman–Crippen MR) is 114 cm³/mol. The predicted octanol–water partition coefficient (Wildman–Crippen LogP) is 3.33. The van der Waals surface area contributed by atoms with Crippen LogP contribution >= 0.6 is 0 Å². The van der Waals surface area contributed by atoms with E-state index in [9.17, 15) is 0 Å². The molecule has 1 aromatic rings. The van der Waals surface area contributed by atoms with Crippen LogP contribution in [0.15, 0.2) is 23.2 Å². The number of ether oxygens (including phenoxy) is 1. The summed E-state index contributed by atoms with van der Waals surface area (Å²) in [6.07, 6.45) is 7.47. The number of nitrogens with one attached hydrogen (secondary N) is 2. The number of aryl methyl sites for hydroxylation is 1. The molecule has 0 spiro atoms. The quantitative estimate of drug-likeness (QED) is 0.543. The van der Waals surface area contributed by atoms with Gasteiger partial charge in [0.15, 0.2) is 5.96 Å². The highest BCUT2D eigenvalue weighted by molar-refractivity contribution is 5.79. The minimum Gasteiger partial charge on any atom is -0.385 e. The largest absolute Gasteiger partial charge is 0.385 e. The summed E-state index contributed by atoms with van der Waals surface area (Å²) in [6.45, 7) is 6.71. The Labute approximate surface area is 164 Å². The number of anilines is 1. The van der Waals surface area contributed by atoms with Crippen molar-refractivity contribution in [3.8, 4) is 0 Å². The van der Waals surface area contributed by atoms with Gasteiger partial charge in [-0.1, -0.05) is 18.6 Å². The highest BCUT2D eigenvalue weighted by atomic mass is 16.5. The molecule has 0 radical (unpaired) electrons. The highest BCUT2D eigenvalue weighted by Crippen LogP contribution is 2.43. The molecule has 0 atom stereocenters. The molecule has 1 heterocycles. The van der Waals surface area contributed by atoms with Gasteiger partial charge in [-0.25, -0.2) is 4.99 Å². The van der Waals surface area contributed by atoms with E-state index in [1.165, 1.54) is 48.9 Å². The molecule has 1 saturated carbocycles. The fraction of sp³-hybridized carbons (Fsp3) is 0.682. The van der Waals surface area contributed by atoms with Crippen LogP contribution in [0.3, 0.4) is 0 Å². The fourth-order valence-corrected chi connectivity index (χ4v) is 4.23. The highest BCUT2D eigenvalue weighted by Gasteiger charge is 2.36. The number of aliphatic imine (C=N–C) groups is 1. The van der Waals surface area contributed by atoms with Crippen LogP contribution < -0.4 is 15.5 Å². The van der Waals surface area contributed by atoms with Crippen molar-refractivity contribution in [1.29, 1.82) is 0 Å². The van der Waals surface area contributed by atoms with E-state index < -0.39 is 0 Å². The number of hydrogen-bond donors (Lipinski definition) is 2. The average Bonchev–Trinajstić information content (AvgIpc) is 2.65. The van der Waals surface area contributed by atoms with Gasteiger partial charge in [-0.05, 0) is 61.6 Å². The molecule has 3 rings (SSSR count). The fourth-order valence-electron chi connectivity index (χ4n) is 4.23. The van der Waals surface area contributed by atoms with Gasteiger partial charge in [0.25, 0.3) is 0 Å². The molecule has 5 heteroatoms. The van der Waals surface area contributed by atoms with Gasteiger partial charge in [-0.2, -0.15) is 0 Å². The van der Waals surface area contributed by atoms with E-state index in [1.54, 1.807) is 7.11 Å². The summed E-state index contributed by atoms with van der Waals surface area (Å²) >= 11 is 0. The Morgan fingerprint density at radius 1 is 1.26 bits per heavy atom. The van der Waals surface area contributed by atoms with E-state index in [-0.39, 0.29) is 0 Å². The third-order valence-corrected chi connectivity index (χ3v) is 6.14. The number of methoxy groups -OCH3 is 1. The number of guanidine groups is 1. The molecular formula is C22H36N4O. The van der Waals surface area contributed by atoms with Crippen molar-refractivity contribution in [3.05, 3.63) is 29.3 Å². The van der Waals surface area contributed by atoms with Crippen molar-refractivity contribution in [2.45, 2.75) is 52.0 Å². The van der Waals surface area contributed by atoms with E-state index in [0.717, 1.165) is 45.2 Å². The van der Waals surface area contributed by atoms with Crippen LogP contribution in [-0.2, 0) is 17.7 Å². The van der Waals surface area contributed by atoms with Crippen LogP contribution in [-0.4, -0.2) is 46.4 Å². The molecule has 0 saturated heterocycles. The lowest BCUT2D eigenvalue weighted by molar-refractivity contribution is 0.0732. The third-order valence-electron chi connectivity index (χ3n) is 6.14. The summed E-state index contributed by atoms with van der Waals surface area (Å²) in [5.41, 5.74) is 4.52. The average molecular weight is 373 g/mol. The van der Waals surface area contributed by atoms with E-state index in [0.29, 0.717) is 5.41 Å². The van der Waals surface area contributed by atoms with Gasteiger partial charge in [0, 0.05) is 46.1 Å². The lowest BCUT2D eigenvalue weighted by Crippen LogP contribution is -2.46. The number of hydrogen-bond acceptors (Lipinski definition) is 3. The van der Waals surface area contributed by atoms with Crippen molar-refractivity contribution < 1.29 is 4.74 Å². The van der Waals surface area contributed by atoms with Crippen molar-refractivity contribution in [3.63, 3.8) is 0 Å². The SMILES string of the molecule is CCNC(=NCc1ccc2c(c1)CCCN2C)NCC1(CCOC)CCC1. The molecular weight excluding hydrogens is 336 g/mol. The van der Waals surface area contributed by atoms with Crippen molar-refractivity contribution in [2.75, 3.05) is 45.3 Å². The van der Waals surface area contributed by atoms with E-state index in [1.807, 2.05) is 0 Å². The Kier molecular flexibility index (Phi) is 7.00. The Morgan fingerprint density at radius 3 is 2.81 bits per heavy atom. The molecule has 0 amide bonds. The number of benzene rings is 1. The summed E-state index contributed by atoms with van der Waals surface area (Å²) in [6, 6.07) is 6.82. The summed E-state index contributed by atoms with van der Waals surface area (Å²) in [5.74, 6) is 0.927. The maximum atomic E-state index is 5.31. The van der Waals surface area contributed by atoms with E-state index >= 15 is 0 Å². The molecule has 1 aliphatic carbocycles. The van der Waals surface area contributed by atoms with Crippen LogP contribution in [0.4, 0.5) is 5.69 Å². The van der Waals surface area contributed by atoms with Crippen molar-refractivity contribution in [1.82, 2.24) is 10.6 Å².